The Morgan fingerprint density at radius 2 is 2.11 bits per heavy atom. The topological polar surface area (TPSA) is 18.5 Å². The fraction of sp³-hybridized carbons (Fsp3) is 0.600. The van der Waals surface area contributed by atoms with Gasteiger partial charge in [0.1, 0.15) is 5.82 Å². The van der Waals surface area contributed by atoms with E-state index in [1.807, 2.05) is 26.1 Å². The SMILES string of the molecule is CNC(C)c1ccc(N2CCN(C)C(C)C2)c(F)c1. The average molecular weight is 265 g/mol. The van der Waals surface area contributed by atoms with Crippen LogP contribution in [-0.4, -0.2) is 44.7 Å². The number of hydrogen-bond acceptors (Lipinski definition) is 3. The van der Waals surface area contributed by atoms with Crippen LogP contribution in [0.25, 0.3) is 0 Å². The third-order valence-corrected chi connectivity index (χ3v) is 4.21. The first-order valence-electron chi connectivity index (χ1n) is 6.95. The van der Waals surface area contributed by atoms with Crippen molar-refractivity contribution >= 4 is 5.69 Å². The van der Waals surface area contributed by atoms with E-state index in [9.17, 15) is 4.39 Å². The minimum atomic E-state index is -0.114. The molecule has 1 saturated heterocycles. The molecule has 3 nitrogen and oxygen atoms in total. The Kier molecular flexibility index (Phi) is 4.42. The molecule has 1 aliphatic rings. The lowest BCUT2D eigenvalue weighted by atomic mass is 10.1. The third-order valence-electron chi connectivity index (χ3n) is 4.21. The molecule has 0 aliphatic carbocycles. The third kappa shape index (κ3) is 3.07. The Hall–Kier alpha value is -1.13. The van der Waals surface area contributed by atoms with Gasteiger partial charge in [0.2, 0.25) is 0 Å². The molecule has 106 valence electrons. The van der Waals surface area contributed by atoms with E-state index in [4.69, 9.17) is 0 Å². The van der Waals surface area contributed by atoms with E-state index in [0.717, 1.165) is 30.9 Å². The first kappa shape index (κ1) is 14.3. The van der Waals surface area contributed by atoms with E-state index in [1.165, 1.54) is 0 Å². The van der Waals surface area contributed by atoms with Crippen LogP contribution in [0.1, 0.15) is 25.5 Å². The van der Waals surface area contributed by atoms with Crippen LogP contribution >= 0.6 is 0 Å². The molecule has 2 rings (SSSR count). The molecule has 2 atom stereocenters. The molecule has 0 bridgehead atoms. The van der Waals surface area contributed by atoms with Crippen LogP contribution < -0.4 is 10.2 Å². The first-order chi connectivity index (χ1) is 9.02. The van der Waals surface area contributed by atoms with Gasteiger partial charge in [-0.15, -0.1) is 0 Å². The maximum atomic E-state index is 14.3. The molecule has 2 unspecified atom stereocenters. The second-order valence-electron chi connectivity index (χ2n) is 5.50. The van der Waals surface area contributed by atoms with Crippen molar-refractivity contribution in [2.75, 3.05) is 38.6 Å². The van der Waals surface area contributed by atoms with Gasteiger partial charge in [0, 0.05) is 31.7 Å². The van der Waals surface area contributed by atoms with Gasteiger partial charge in [-0.25, -0.2) is 4.39 Å². The van der Waals surface area contributed by atoms with Gasteiger partial charge in [0.25, 0.3) is 0 Å². The average Bonchev–Trinajstić information content (AvgIpc) is 2.41. The zero-order chi connectivity index (χ0) is 14.0. The molecule has 1 aromatic rings. The molecular weight excluding hydrogens is 241 g/mol. The van der Waals surface area contributed by atoms with Crippen LogP contribution in [0.2, 0.25) is 0 Å². The zero-order valence-corrected chi connectivity index (χ0v) is 12.3. The smallest absolute Gasteiger partial charge is 0.146 e. The summed E-state index contributed by atoms with van der Waals surface area (Å²) in [4.78, 5) is 4.46. The Labute approximate surface area is 115 Å². The standard InChI is InChI=1S/C15H24FN3/c1-11-10-19(8-7-18(11)4)15-6-5-13(9-14(15)16)12(2)17-3/h5-6,9,11-12,17H,7-8,10H2,1-4H3. The van der Waals surface area contributed by atoms with Gasteiger partial charge >= 0.3 is 0 Å². The van der Waals surface area contributed by atoms with Gasteiger partial charge in [0.15, 0.2) is 0 Å². The van der Waals surface area contributed by atoms with Crippen LogP contribution in [0, 0.1) is 5.82 Å². The number of nitrogens with zero attached hydrogens (tertiary/aromatic N) is 2. The fourth-order valence-electron chi connectivity index (χ4n) is 2.48. The summed E-state index contributed by atoms with van der Waals surface area (Å²) < 4.78 is 14.3. The van der Waals surface area contributed by atoms with Crippen molar-refractivity contribution in [2.45, 2.75) is 25.9 Å². The number of likely N-dealkylation sites (N-methyl/N-ethyl adjacent to an activating group) is 1. The van der Waals surface area contributed by atoms with Crippen LogP contribution in [-0.2, 0) is 0 Å². The molecule has 0 aromatic heterocycles. The van der Waals surface area contributed by atoms with Gasteiger partial charge < -0.3 is 15.1 Å². The summed E-state index contributed by atoms with van der Waals surface area (Å²) >= 11 is 0. The number of hydrogen-bond donors (Lipinski definition) is 1. The Morgan fingerprint density at radius 3 is 2.68 bits per heavy atom. The van der Waals surface area contributed by atoms with Crippen molar-refractivity contribution < 1.29 is 4.39 Å². The zero-order valence-electron chi connectivity index (χ0n) is 12.3. The van der Waals surface area contributed by atoms with E-state index < -0.39 is 0 Å². The van der Waals surface area contributed by atoms with Crippen LogP contribution in [0.4, 0.5) is 10.1 Å². The van der Waals surface area contributed by atoms with Gasteiger partial charge in [-0.1, -0.05) is 6.07 Å². The lowest BCUT2D eigenvalue weighted by Crippen LogP contribution is -2.50. The minimum Gasteiger partial charge on any atom is -0.366 e. The second kappa shape index (κ2) is 5.88. The van der Waals surface area contributed by atoms with Crippen molar-refractivity contribution in [3.63, 3.8) is 0 Å². The van der Waals surface area contributed by atoms with Gasteiger partial charge in [-0.2, -0.15) is 0 Å². The summed E-state index contributed by atoms with van der Waals surface area (Å²) in [6.07, 6.45) is 0. The maximum absolute atomic E-state index is 14.3. The largest absolute Gasteiger partial charge is 0.366 e. The molecule has 4 heteroatoms. The molecule has 0 spiro atoms. The highest BCUT2D eigenvalue weighted by Crippen LogP contribution is 2.25. The summed E-state index contributed by atoms with van der Waals surface area (Å²) in [6.45, 7) is 6.97. The molecule has 1 N–H and O–H groups in total. The molecular formula is C15H24FN3. The second-order valence-corrected chi connectivity index (χ2v) is 5.50. The van der Waals surface area contributed by atoms with Crippen LogP contribution in [0.15, 0.2) is 18.2 Å². The Bertz CT molecular complexity index is 435. The molecule has 1 aliphatic heterocycles. The van der Waals surface area contributed by atoms with Gasteiger partial charge in [-0.05, 0) is 45.6 Å². The highest BCUT2D eigenvalue weighted by atomic mass is 19.1. The minimum absolute atomic E-state index is 0.114. The highest BCUT2D eigenvalue weighted by Gasteiger charge is 2.22. The molecule has 0 radical (unpaired) electrons. The molecule has 19 heavy (non-hydrogen) atoms. The van der Waals surface area contributed by atoms with E-state index in [1.54, 1.807) is 6.07 Å². The lowest BCUT2D eigenvalue weighted by molar-refractivity contribution is 0.233. The molecule has 1 aromatic carbocycles. The summed E-state index contributed by atoms with van der Waals surface area (Å²) in [5.41, 5.74) is 1.72. The fourth-order valence-corrected chi connectivity index (χ4v) is 2.48. The van der Waals surface area contributed by atoms with E-state index >= 15 is 0 Å². The molecule has 1 fully saturated rings. The Morgan fingerprint density at radius 1 is 1.37 bits per heavy atom. The summed E-state index contributed by atoms with van der Waals surface area (Å²) in [5, 5.41) is 3.13. The monoisotopic (exact) mass is 265 g/mol. The van der Waals surface area contributed by atoms with E-state index in [0.29, 0.717) is 6.04 Å². The summed E-state index contributed by atoms with van der Waals surface area (Å²) in [5.74, 6) is -0.114. The quantitative estimate of drug-likeness (QED) is 0.904. The summed E-state index contributed by atoms with van der Waals surface area (Å²) in [6, 6.07) is 6.22. The number of rotatable bonds is 3. The van der Waals surface area contributed by atoms with E-state index in [-0.39, 0.29) is 11.9 Å². The molecule has 1 heterocycles. The van der Waals surface area contributed by atoms with Crippen molar-refractivity contribution in [3.05, 3.63) is 29.6 Å². The molecule has 0 saturated carbocycles. The predicted octanol–water partition coefficient (Wildman–Crippen LogP) is 2.25. The van der Waals surface area contributed by atoms with Crippen molar-refractivity contribution in [1.29, 1.82) is 0 Å². The lowest BCUT2D eigenvalue weighted by Gasteiger charge is -2.39. The van der Waals surface area contributed by atoms with E-state index in [2.05, 4.69) is 29.1 Å². The number of benzene rings is 1. The number of halogens is 1. The van der Waals surface area contributed by atoms with Crippen molar-refractivity contribution in [2.24, 2.45) is 0 Å². The van der Waals surface area contributed by atoms with Gasteiger partial charge in [-0.3, -0.25) is 0 Å². The first-order valence-corrected chi connectivity index (χ1v) is 6.95. The number of anilines is 1. The maximum Gasteiger partial charge on any atom is 0.146 e. The van der Waals surface area contributed by atoms with Crippen molar-refractivity contribution in [3.8, 4) is 0 Å². The number of piperazine rings is 1. The molecule has 0 amide bonds. The highest BCUT2D eigenvalue weighted by molar-refractivity contribution is 5.50. The normalized spacial score (nSPS) is 22.6. The van der Waals surface area contributed by atoms with Gasteiger partial charge in [0.05, 0.1) is 5.69 Å². The van der Waals surface area contributed by atoms with Crippen molar-refractivity contribution in [1.82, 2.24) is 10.2 Å². The van der Waals surface area contributed by atoms with Crippen LogP contribution in [0.5, 0.6) is 0 Å². The number of nitrogens with one attached hydrogen (secondary N) is 1. The summed E-state index contributed by atoms with van der Waals surface area (Å²) in [7, 11) is 4.01. The Balaban J connectivity index is 2.17. The van der Waals surface area contributed by atoms with Crippen LogP contribution in [0.3, 0.4) is 0 Å². The predicted molar refractivity (Wildman–Crippen MR) is 78.2 cm³/mol.